The van der Waals surface area contributed by atoms with Crippen LogP contribution in [0.2, 0.25) is 5.02 Å². The quantitative estimate of drug-likeness (QED) is 0.805. The lowest BCUT2D eigenvalue weighted by molar-refractivity contribution is 0.0827. The van der Waals surface area contributed by atoms with Crippen LogP contribution in [0, 0.1) is 0 Å². The van der Waals surface area contributed by atoms with Gasteiger partial charge in [0.25, 0.3) is 15.9 Å². The van der Waals surface area contributed by atoms with E-state index >= 15 is 0 Å². The summed E-state index contributed by atoms with van der Waals surface area (Å²) >= 11 is 5.99. The minimum absolute atomic E-state index is 0.0620. The monoisotopic (exact) mass is 416 g/mol. The van der Waals surface area contributed by atoms with E-state index in [1.807, 2.05) is 0 Å². The van der Waals surface area contributed by atoms with Crippen molar-refractivity contribution in [2.24, 2.45) is 0 Å². The first-order valence-corrected chi connectivity index (χ1v) is 11.0. The fourth-order valence-corrected chi connectivity index (χ4v) is 3.97. The maximum atomic E-state index is 12.5. The van der Waals surface area contributed by atoms with Gasteiger partial charge in [-0.3, -0.25) is 9.52 Å². The Morgan fingerprint density at radius 1 is 0.962 bits per heavy atom. The third-order valence-corrected chi connectivity index (χ3v) is 6.26. The second-order valence-corrected chi connectivity index (χ2v) is 9.85. The third kappa shape index (κ3) is 4.54. The van der Waals surface area contributed by atoms with Gasteiger partial charge in [-0.25, -0.2) is 16.8 Å². The van der Waals surface area contributed by atoms with Gasteiger partial charge in [-0.2, -0.15) is 0 Å². The van der Waals surface area contributed by atoms with Gasteiger partial charge in [0.05, 0.1) is 20.4 Å². The highest BCUT2D eigenvalue weighted by atomic mass is 35.5. The first-order valence-electron chi connectivity index (χ1n) is 7.26. The lowest BCUT2D eigenvalue weighted by Gasteiger charge is -2.14. The predicted molar refractivity (Wildman–Crippen MR) is 99.8 cm³/mol. The van der Waals surface area contributed by atoms with Gasteiger partial charge < -0.3 is 4.90 Å². The van der Waals surface area contributed by atoms with Gasteiger partial charge in [-0.15, -0.1) is 0 Å². The van der Waals surface area contributed by atoms with Crippen LogP contribution < -0.4 is 4.72 Å². The molecule has 0 spiro atoms. The number of carbonyl (C=O) groups excluding carboxylic acids is 1. The van der Waals surface area contributed by atoms with Crippen LogP contribution in [-0.2, 0) is 19.9 Å². The SMILES string of the molecule is CN(C)C(=O)c1cc(S(=O)(=O)Nc2ccc(S(C)(=O)=O)cc2)ccc1Cl. The smallest absolute Gasteiger partial charge is 0.261 e. The average Bonchev–Trinajstić information content (AvgIpc) is 2.53. The van der Waals surface area contributed by atoms with Crippen molar-refractivity contribution >= 4 is 43.1 Å². The minimum Gasteiger partial charge on any atom is -0.345 e. The summed E-state index contributed by atoms with van der Waals surface area (Å²) in [5.41, 5.74) is 0.250. The summed E-state index contributed by atoms with van der Waals surface area (Å²) in [7, 11) is -4.31. The van der Waals surface area contributed by atoms with Gasteiger partial charge in [0.1, 0.15) is 0 Å². The van der Waals surface area contributed by atoms with Crippen molar-refractivity contribution in [2.45, 2.75) is 9.79 Å². The lowest BCUT2D eigenvalue weighted by atomic mass is 10.2. The number of anilines is 1. The van der Waals surface area contributed by atoms with E-state index in [1.54, 1.807) is 0 Å². The highest BCUT2D eigenvalue weighted by Crippen LogP contribution is 2.24. The number of rotatable bonds is 5. The zero-order valence-corrected chi connectivity index (χ0v) is 16.6. The van der Waals surface area contributed by atoms with Crippen LogP contribution in [0.15, 0.2) is 52.3 Å². The molecule has 26 heavy (non-hydrogen) atoms. The van der Waals surface area contributed by atoms with Crippen molar-refractivity contribution in [3.8, 4) is 0 Å². The van der Waals surface area contributed by atoms with Crippen LogP contribution in [0.25, 0.3) is 0 Å². The zero-order valence-electron chi connectivity index (χ0n) is 14.2. The molecule has 0 aliphatic carbocycles. The van der Waals surface area contributed by atoms with E-state index in [0.717, 1.165) is 6.26 Å². The summed E-state index contributed by atoms with van der Waals surface area (Å²) in [5, 5.41) is 0.139. The molecular formula is C16H17ClN2O5S2. The summed E-state index contributed by atoms with van der Waals surface area (Å²) in [4.78, 5) is 13.3. The van der Waals surface area contributed by atoms with Crippen molar-refractivity contribution in [1.29, 1.82) is 0 Å². The van der Waals surface area contributed by atoms with Crippen molar-refractivity contribution in [3.05, 3.63) is 53.1 Å². The first kappa shape index (κ1) is 20.2. The van der Waals surface area contributed by atoms with Crippen LogP contribution in [0.4, 0.5) is 5.69 Å². The Labute approximate surface area is 157 Å². The Kier molecular flexibility index (Phi) is 5.64. The molecule has 2 aromatic rings. The van der Waals surface area contributed by atoms with Gasteiger partial charge in [-0.05, 0) is 42.5 Å². The molecule has 0 unspecified atom stereocenters. The summed E-state index contributed by atoms with van der Waals surface area (Å²) in [6, 6.07) is 9.09. The number of hydrogen-bond donors (Lipinski definition) is 1. The summed E-state index contributed by atoms with van der Waals surface area (Å²) < 4.78 is 50.3. The Morgan fingerprint density at radius 2 is 1.50 bits per heavy atom. The molecule has 0 saturated heterocycles. The summed E-state index contributed by atoms with van der Waals surface area (Å²) in [5.74, 6) is -0.426. The number of amides is 1. The molecule has 140 valence electrons. The number of halogens is 1. The number of hydrogen-bond acceptors (Lipinski definition) is 5. The zero-order chi connectivity index (χ0) is 19.7. The fraction of sp³-hybridized carbons (Fsp3) is 0.188. The molecule has 1 N–H and O–H groups in total. The molecule has 0 aliphatic rings. The van der Waals surface area contributed by atoms with Crippen LogP contribution in [0.3, 0.4) is 0 Å². The molecule has 2 rings (SSSR count). The lowest BCUT2D eigenvalue weighted by Crippen LogP contribution is -2.22. The van der Waals surface area contributed by atoms with Crippen LogP contribution in [-0.4, -0.2) is 48.0 Å². The maximum absolute atomic E-state index is 12.5. The molecule has 0 aromatic heterocycles. The Balaban J connectivity index is 2.36. The van der Waals surface area contributed by atoms with E-state index in [4.69, 9.17) is 11.6 Å². The van der Waals surface area contributed by atoms with Gasteiger partial charge in [-0.1, -0.05) is 11.6 Å². The van der Waals surface area contributed by atoms with Crippen LogP contribution in [0.1, 0.15) is 10.4 Å². The molecule has 0 atom stereocenters. The highest BCUT2D eigenvalue weighted by molar-refractivity contribution is 7.92. The predicted octanol–water partition coefficient (Wildman–Crippen LogP) is 2.25. The van der Waals surface area contributed by atoms with Gasteiger partial charge in [0.15, 0.2) is 9.84 Å². The van der Waals surface area contributed by atoms with Crippen molar-refractivity contribution in [3.63, 3.8) is 0 Å². The molecule has 0 heterocycles. The van der Waals surface area contributed by atoms with Crippen molar-refractivity contribution < 1.29 is 21.6 Å². The highest BCUT2D eigenvalue weighted by Gasteiger charge is 2.20. The molecule has 10 heteroatoms. The third-order valence-electron chi connectivity index (χ3n) is 3.42. The van der Waals surface area contributed by atoms with E-state index in [-0.39, 0.29) is 26.1 Å². The van der Waals surface area contributed by atoms with Crippen LogP contribution in [0.5, 0.6) is 0 Å². The average molecular weight is 417 g/mol. The first-order chi connectivity index (χ1) is 11.9. The number of nitrogens with one attached hydrogen (secondary N) is 1. The fourth-order valence-electron chi connectivity index (χ4n) is 2.06. The second kappa shape index (κ2) is 7.26. The normalized spacial score (nSPS) is 11.8. The molecular weight excluding hydrogens is 400 g/mol. The molecule has 0 radical (unpaired) electrons. The van der Waals surface area contributed by atoms with E-state index in [9.17, 15) is 21.6 Å². The Morgan fingerprint density at radius 3 is 2.00 bits per heavy atom. The topological polar surface area (TPSA) is 101 Å². The van der Waals surface area contributed by atoms with Crippen molar-refractivity contribution in [1.82, 2.24) is 4.90 Å². The van der Waals surface area contributed by atoms with Gasteiger partial charge in [0.2, 0.25) is 0 Å². The number of carbonyl (C=O) groups is 1. The van der Waals surface area contributed by atoms with Crippen LogP contribution >= 0.6 is 11.6 Å². The minimum atomic E-state index is -3.99. The molecule has 7 nitrogen and oxygen atoms in total. The van der Waals surface area contributed by atoms with E-state index < -0.39 is 25.8 Å². The van der Waals surface area contributed by atoms with E-state index in [0.29, 0.717) is 0 Å². The molecule has 0 fully saturated rings. The van der Waals surface area contributed by atoms with Gasteiger partial charge >= 0.3 is 0 Å². The molecule has 0 saturated carbocycles. The Hall–Kier alpha value is -2.10. The molecule has 2 aromatic carbocycles. The van der Waals surface area contributed by atoms with E-state index in [2.05, 4.69) is 4.72 Å². The second-order valence-electron chi connectivity index (χ2n) is 5.74. The largest absolute Gasteiger partial charge is 0.345 e. The van der Waals surface area contributed by atoms with Crippen molar-refractivity contribution in [2.75, 3.05) is 25.1 Å². The summed E-state index contributed by atoms with van der Waals surface area (Å²) in [6.45, 7) is 0. The maximum Gasteiger partial charge on any atom is 0.261 e. The standard InChI is InChI=1S/C16H17ClN2O5S2/c1-19(2)16(20)14-10-13(8-9-15(14)17)26(23,24)18-11-4-6-12(7-5-11)25(3,21)22/h4-10,18H,1-3H3. The number of sulfonamides is 1. The molecule has 0 bridgehead atoms. The molecule has 0 aliphatic heterocycles. The number of sulfone groups is 1. The number of nitrogens with zero attached hydrogens (tertiary/aromatic N) is 1. The van der Waals surface area contributed by atoms with Gasteiger partial charge in [0, 0.05) is 26.0 Å². The number of benzene rings is 2. The van der Waals surface area contributed by atoms with E-state index in [1.165, 1.54) is 61.5 Å². The molecule has 1 amide bonds. The Bertz CT molecular complexity index is 1050. The summed E-state index contributed by atoms with van der Waals surface area (Å²) in [6.07, 6.45) is 1.06.